The third-order valence-corrected chi connectivity index (χ3v) is 4.61. The maximum Gasteiger partial charge on any atom is 0.255 e. The number of amides is 2. The minimum atomic E-state index is -3.27. The second-order valence-electron chi connectivity index (χ2n) is 5.97. The first-order chi connectivity index (χ1) is 11.7. The van der Waals surface area contributed by atoms with Gasteiger partial charge in [-0.05, 0) is 48.5 Å². The van der Waals surface area contributed by atoms with Gasteiger partial charge in [0, 0.05) is 29.1 Å². The SMILES string of the molecule is CC(C)C(=O)Nc1ccc(C(=O)Nc2ccc(S(C)(=O)=O)cc2)cc1. The molecule has 0 aliphatic heterocycles. The first-order valence-corrected chi connectivity index (χ1v) is 9.58. The predicted molar refractivity (Wildman–Crippen MR) is 97.4 cm³/mol. The van der Waals surface area contributed by atoms with Crippen LogP contribution in [0.15, 0.2) is 53.4 Å². The van der Waals surface area contributed by atoms with Gasteiger partial charge >= 0.3 is 0 Å². The summed E-state index contributed by atoms with van der Waals surface area (Å²) in [6.45, 7) is 3.60. The second-order valence-corrected chi connectivity index (χ2v) is 7.99. The molecule has 0 atom stereocenters. The molecular weight excluding hydrogens is 340 g/mol. The fraction of sp³-hybridized carbons (Fsp3) is 0.222. The fourth-order valence-corrected chi connectivity index (χ4v) is 2.61. The Bertz CT molecular complexity index is 870. The van der Waals surface area contributed by atoms with Crippen LogP contribution in [0.25, 0.3) is 0 Å². The molecule has 0 radical (unpaired) electrons. The predicted octanol–water partition coefficient (Wildman–Crippen LogP) is 2.94. The van der Waals surface area contributed by atoms with Gasteiger partial charge in [0.2, 0.25) is 5.91 Å². The molecular formula is C18H20N2O4S. The van der Waals surface area contributed by atoms with E-state index in [1.165, 1.54) is 24.3 Å². The molecule has 0 aliphatic rings. The molecule has 25 heavy (non-hydrogen) atoms. The van der Waals surface area contributed by atoms with Gasteiger partial charge < -0.3 is 10.6 Å². The van der Waals surface area contributed by atoms with Crippen LogP contribution in [0.1, 0.15) is 24.2 Å². The van der Waals surface area contributed by atoms with Crippen molar-refractivity contribution in [1.29, 1.82) is 0 Å². The maximum absolute atomic E-state index is 12.2. The molecule has 2 aromatic rings. The summed E-state index contributed by atoms with van der Waals surface area (Å²) in [4.78, 5) is 24.0. The van der Waals surface area contributed by atoms with E-state index in [9.17, 15) is 18.0 Å². The molecule has 132 valence electrons. The molecule has 0 aliphatic carbocycles. The lowest BCUT2D eigenvalue weighted by Crippen LogP contribution is -2.18. The normalized spacial score (nSPS) is 11.2. The van der Waals surface area contributed by atoms with E-state index in [2.05, 4.69) is 10.6 Å². The van der Waals surface area contributed by atoms with Crippen LogP contribution < -0.4 is 10.6 Å². The van der Waals surface area contributed by atoms with Crippen LogP contribution in [0.4, 0.5) is 11.4 Å². The maximum atomic E-state index is 12.2. The number of benzene rings is 2. The first-order valence-electron chi connectivity index (χ1n) is 7.69. The number of nitrogens with one attached hydrogen (secondary N) is 2. The van der Waals surface area contributed by atoms with Crippen molar-refractivity contribution in [1.82, 2.24) is 0 Å². The van der Waals surface area contributed by atoms with Crippen molar-refractivity contribution in [3.63, 3.8) is 0 Å². The van der Waals surface area contributed by atoms with Gasteiger partial charge in [-0.25, -0.2) is 8.42 Å². The van der Waals surface area contributed by atoms with Crippen molar-refractivity contribution >= 4 is 33.0 Å². The summed E-state index contributed by atoms with van der Waals surface area (Å²) in [6.07, 6.45) is 1.13. The van der Waals surface area contributed by atoms with E-state index < -0.39 is 9.84 Å². The summed E-state index contributed by atoms with van der Waals surface area (Å²) in [5.74, 6) is -0.546. The molecule has 0 saturated carbocycles. The first kappa shape index (κ1) is 18.7. The van der Waals surface area contributed by atoms with Gasteiger partial charge in [-0.2, -0.15) is 0 Å². The van der Waals surface area contributed by atoms with Gasteiger partial charge in [0.25, 0.3) is 5.91 Å². The van der Waals surface area contributed by atoms with E-state index in [0.29, 0.717) is 16.9 Å². The molecule has 0 bridgehead atoms. The van der Waals surface area contributed by atoms with Gasteiger partial charge in [0.05, 0.1) is 4.90 Å². The molecule has 0 heterocycles. The highest BCUT2D eigenvalue weighted by Crippen LogP contribution is 2.16. The number of hydrogen-bond donors (Lipinski definition) is 2. The van der Waals surface area contributed by atoms with Crippen molar-refractivity contribution in [3.8, 4) is 0 Å². The molecule has 2 aromatic carbocycles. The van der Waals surface area contributed by atoms with Gasteiger partial charge in [0.15, 0.2) is 9.84 Å². The Morgan fingerprint density at radius 1 is 0.840 bits per heavy atom. The third kappa shape index (κ3) is 5.15. The van der Waals surface area contributed by atoms with Crippen LogP contribution in [0.2, 0.25) is 0 Å². The lowest BCUT2D eigenvalue weighted by atomic mass is 10.1. The van der Waals surface area contributed by atoms with Crippen molar-refractivity contribution in [2.24, 2.45) is 5.92 Å². The molecule has 0 aromatic heterocycles. The van der Waals surface area contributed by atoms with Crippen molar-refractivity contribution in [2.75, 3.05) is 16.9 Å². The number of rotatable bonds is 5. The number of hydrogen-bond acceptors (Lipinski definition) is 4. The zero-order chi connectivity index (χ0) is 18.6. The molecule has 0 saturated heterocycles. The molecule has 2 N–H and O–H groups in total. The van der Waals surface area contributed by atoms with E-state index in [1.54, 1.807) is 38.1 Å². The largest absolute Gasteiger partial charge is 0.326 e. The quantitative estimate of drug-likeness (QED) is 0.857. The van der Waals surface area contributed by atoms with E-state index in [1.807, 2.05) is 0 Å². The van der Waals surface area contributed by atoms with Crippen LogP contribution in [0, 0.1) is 5.92 Å². The van der Waals surface area contributed by atoms with E-state index in [4.69, 9.17) is 0 Å². The zero-order valence-corrected chi connectivity index (χ0v) is 15.1. The van der Waals surface area contributed by atoms with Gasteiger partial charge in [0.1, 0.15) is 0 Å². The standard InChI is InChI=1S/C18H20N2O4S/c1-12(2)17(21)19-14-6-4-13(5-7-14)18(22)20-15-8-10-16(11-9-15)25(3,23)24/h4-12H,1-3H3,(H,19,21)(H,20,22). The van der Waals surface area contributed by atoms with E-state index in [-0.39, 0.29) is 22.6 Å². The smallest absolute Gasteiger partial charge is 0.255 e. The third-order valence-electron chi connectivity index (χ3n) is 3.48. The molecule has 0 fully saturated rings. The Labute approximate surface area is 147 Å². The topological polar surface area (TPSA) is 92.3 Å². The highest BCUT2D eigenvalue weighted by molar-refractivity contribution is 7.90. The summed E-state index contributed by atoms with van der Waals surface area (Å²) >= 11 is 0. The number of carbonyl (C=O) groups excluding carboxylic acids is 2. The second kappa shape index (κ2) is 7.48. The lowest BCUT2D eigenvalue weighted by molar-refractivity contribution is -0.118. The van der Waals surface area contributed by atoms with Gasteiger partial charge in [-0.15, -0.1) is 0 Å². The highest BCUT2D eigenvalue weighted by atomic mass is 32.2. The summed E-state index contributed by atoms with van der Waals surface area (Å²) in [7, 11) is -3.27. The highest BCUT2D eigenvalue weighted by Gasteiger charge is 2.10. The number of carbonyl (C=O) groups is 2. The molecule has 7 heteroatoms. The Hall–Kier alpha value is -2.67. The summed E-state index contributed by atoms with van der Waals surface area (Å²) in [5.41, 5.74) is 1.54. The average Bonchev–Trinajstić information content (AvgIpc) is 2.55. The Morgan fingerprint density at radius 2 is 1.32 bits per heavy atom. The fourth-order valence-electron chi connectivity index (χ4n) is 1.98. The van der Waals surface area contributed by atoms with E-state index in [0.717, 1.165) is 6.26 Å². The number of anilines is 2. The lowest BCUT2D eigenvalue weighted by Gasteiger charge is -2.09. The molecule has 0 unspecified atom stereocenters. The van der Waals surface area contributed by atoms with Crippen LogP contribution in [-0.2, 0) is 14.6 Å². The van der Waals surface area contributed by atoms with Crippen molar-refractivity contribution in [2.45, 2.75) is 18.7 Å². The minimum absolute atomic E-state index is 0.0943. The van der Waals surface area contributed by atoms with Crippen LogP contribution in [-0.4, -0.2) is 26.5 Å². The monoisotopic (exact) mass is 360 g/mol. The Balaban J connectivity index is 2.04. The molecule has 2 rings (SSSR count). The minimum Gasteiger partial charge on any atom is -0.326 e. The molecule has 0 spiro atoms. The average molecular weight is 360 g/mol. The molecule has 6 nitrogen and oxygen atoms in total. The van der Waals surface area contributed by atoms with Crippen LogP contribution in [0.3, 0.4) is 0 Å². The Morgan fingerprint density at radius 3 is 1.80 bits per heavy atom. The summed E-state index contributed by atoms with van der Waals surface area (Å²) < 4.78 is 22.8. The van der Waals surface area contributed by atoms with Crippen LogP contribution in [0.5, 0.6) is 0 Å². The van der Waals surface area contributed by atoms with Gasteiger partial charge in [-0.3, -0.25) is 9.59 Å². The summed E-state index contributed by atoms with van der Waals surface area (Å²) in [6, 6.07) is 12.5. The molecule has 2 amide bonds. The van der Waals surface area contributed by atoms with Gasteiger partial charge in [-0.1, -0.05) is 13.8 Å². The van der Waals surface area contributed by atoms with Crippen molar-refractivity contribution in [3.05, 3.63) is 54.1 Å². The van der Waals surface area contributed by atoms with E-state index >= 15 is 0 Å². The summed E-state index contributed by atoms with van der Waals surface area (Å²) in [5, 5.41) is 5.44. The number of sulfone groups is 1. The zero-order valence-electron chi connectivity index (χ0n) is 14.2. The van der Waals surface area contributed by atoms with Crippen LogP contribution >= 0.6 is 0 Å². The Kier molecular flexibility index (Phi) is 5.58. The van der Waals surface area contributed by atoms with Crippen molar-refractivity contribution < 1.29 is 18.0 Å².